The van der Waals surface area contributed by atoms with Crippen molar-refractivity contribution in [3.63, 3.8) is 0 Å². The molecule has 2 N–H and O–H groups in total. The van der Waals surface area contributed by atoms with Gasteiger partial charge < -0.3 is 5.32 Å². The Morgan fingerprint density at radius 3 is 2.83 bits per heavy atom. The number of hydrogen-bond donors (Lipinski definition) is 2. The highest BCUT2D eigenvalue weighted by Crippen LogP contribution is 2.43. The lowest BCUT2D eigenvalue weighted by Crippen LogP contribution is -2.45. The Bertz CT molecular complexity index is 898. The lowest BCUT2D eigenvalue weighted by atomic mass is 9.64. The highest BCUT2D eigenvalue weighted by Gasteiger charge is 2.39. The average molecular weight is 384 g/mol. The maximum absolute atomic E-state index is 12.7. The Balaban J connectivity index is 1.55. The van der Waals surface area contributed by atoms with Crippen LogP contribution in [0.15, 0.2) is 53.1 Å². The van der Waals surface area contributed by atoms with Crippen molar-refractivity contribution in [2.24, 2.45) is 0 Å². The van der Waals surface area contributed by atoms with E-state index in [2.05, 4.69) is 49.6 Å². The lowest BCUT2D eigenvalue weighted by molar-refractivity contribution is 0.0929. The fourth-order valence-electron chi connectivity index (χ4n) is 3.49. The molecule has 2 aromatic carbocycles. The second kappa shape index (κ2) is 6.06. The number of nitrogens with one attached hydrogen (secondary N) is 2. The number of rotatable bonds is 4. The summed E-state index contributed by atoms with van der Waals surface area (Å²) in [7, 11) is 0. The third-order valence-electron chi connectivity index (χ3n) is 5.06. The molecule has 4 nitrogen and oxygen atoms in total. The number of benzene rings is 2. The molecule has 0 unspecified atom stereocenters. The van der Waals surface area contributed by atoms with Crippen molar-refractivity contribution in [1.29, 1.82) is 0 Å². The van der Waals surface area contributed by atoms with Gasteiger partial charge in [0.2, 0.25) is 0 Å². The summed E-state index contributed by atoms with van der Waals surface area (Å²) in [5.41, 5.74) is 2.79. The monoisotopic (exact) mass is 383 g/mol. The van der Waals surface area contributed by atoms with Crippen LogP contribution < -0.4 is 5.32 Å². The van der Waals surface area contributed by atoms with Gasteiger partial charge in [0.25, 0.3) is 5.91 Å². The molecule has 0 spiro atoms. The molecule has 0 atom stereocenters. The molecule has 0 radical (unpaired) electrons. The van der Waals surface area contributed by atoms with Crippen LogP contribution in [0.3, 0.4) is 0 Å². The zero-order valence-electron chi connectivity index (χ0n) is 13.2. The van der Waals surface area contributed by atoms with E-state index in [-0.39, 0.29) is 11.3 Å². The number of nitrogens with zero attached hydrogens (tertiary/aromatic N) is 1. The Hall–Kier alpha value is -2.14. The molecule has 1 aromatic heterocycles. The summed E-state index contributed by atoms with van der Waals surface area (Å²) in [6.07, 6.45) is 5.16. The molecule has 1 heterocycles. The Kier molecular flexibility index (Phi) is 3.88. The number of carbonyl (C=O) groups is 1. The van der Waals surface area contributed by atoms with Gasteiger partial charge in [-0.25, -0.2) is 0 Å². The molecule has 3 aromatic rings. The van der Waals surface area contributed by atoms with Gasteiger partial charge in [0.15, 0.2) is 0 Å². The van der Waals surface area contributed by atoms with Crippen LogP contribution in [0.2, 0.25) is 0 Å². The van der Waals surface area contributed by atoms with E-state index >= 15 is 0 Å². The van der Waals surface area contributed by atoms with Crippen molar-refractivity contribution in [1.82, 2.24) is 15.5 Å². The predicted octanol–water partition coefficient (Wildman–Crippen LogP) is 4.18. The van der Waals surface area contributed by atoms with Crippen molar-refractivity contribution < 1.29 is 4.79 Å². The third kappa shape index (κ3) is 2.63. The highest BCUT2D eigenvalue weighted by molar-refractivity contribution is 9.10. The van der Waals surface area contributed by atoms with Gasteiger partial charge in [0, 0.05) is 21.8 Å². The molecule has 122 valence electrons. The van der Waals surface area contributed by atoms with Crippen LogP contribution in [0.25, 0.3) is 10.9 Å². The molecule has 1 aliphatic rings. The van der Waals surface area contributed by atoms with Crippen LogP contribution in [0.5, 0.6) is 0 Å². The van der Waals surface area contributed by atoms with Crippen molar-refractivity contribution in [3.8, 4) is 0 Å². The first-order valence-electron chi connectivity index (χ1n) is 8.14. The van der Waals surface area contributed by atoms with Gasteiger partial charge in [-0.15, -0.1) is 0 Å². The number of hydrogen-bond acceptors (Lipinski definition) is 2. The average Bonchev–Trinajstić information content (AvgIpc) is 3.02. The van der Waals surface area contributed by atoms with Crippen LogP contribution in [0.1, 0.15) is 35.2 Å². The molecule has 0 saturated heterocycles. The number of fused-ring (bicyclic) bond motifs is 1. The smallest absolute Gasteiger partial charge is 0.253 e. The first-order chi connectivity index (χ1) is 11.7. The summed E-state index contributed by atoms with van der Waals surface area (Å²) in [5.74, 6) is -0.0499. The molecular weight excluding hydrogens is 366 g/mol. The molecule has 0 bridgehead atoms. The number of amides is 1. The summed E-state index contributed by atoms with van der Waals surface area (Å²) in [6, 6.07) is 14.1. The number of halogens is 1. The van der Waals surface area contributed by atoms with E-state index in [1.807, 2.05) is 24.3 Å². The van der Waals surface area contributed by atoms with Gasteiger partial charge >= 0.3 is 0 Å². The van der Waals surface area contributed by atoms with Gasteiger partial charge in [0.1, 0.15) is 0 Å². The molecule has 1 fully saturated rings. The van der Waals surface area contributed by atoms with Gasteiger partial charge in [-0.1, -0.05) is 46.6 Å². The second-order valence-electron chi connectivity index (χ2n) is 6.47. The van der Waals surface area contributed by atoms with Crippen molar-refractivity contribution >= 4 is 32.7 Å². The highest BCUT2D eigenvalue weighted by atomic mass is 79.9. The SMILES string of the molecule is O=C(NCC1(c2cccc(Br)c2)CCC1)c1cccc2cn[nH]c12. The zero-order chi connectivity index (χ0) is 16.6. The maximum atomic E-state index is 12.7. The molecule has 1 saturated carbocycles. The summed E-state index contributed by atoms with van der Waals surface area (Å²) >= 11 is 3.55. The molecule has 4 rings (SSSR count). The number of aromatic nitrogens is 2. The first kappa shape index (κ1) is 15.4. The fraction of sp³-hybridized carbons (Fsp3) is 0.263. The third-order valence-corrected chi connectivity index (χ3v) is 5.55. The summed E-state index contributed by atoms with van der Waals surface area (Å²) in [5, 5.41) is 11.0. The molecule has 0 aliphatic heterocycles. The predicted molar refractivity (Wildman–Crippen MR) is 98.1 cm³/mol. The number of H-pyrrole nitrogens is 1. The Labute approximate surface area is 148 Å². The number of para-hydroxylation sites is 1. The van der Waals surface area contributed by atoms with E-state index in [1.165, 1.54) is 12.0 Å². The van der Waals surface area contributed by atoms with Gasteiger partial charge in [-0.05, 0) is 36.6 Å². The van der Waals surface area contributed by atoms with Crippen LogP contribution in [-0.4, -0.2) is 22.6 Å². The van der Waals surface area contributed by atoms with Crippen LogP contribution >= 0.6 is 15.9 Å². The van der Waals surface area contributed by atoms with E-state index in [4.69, 9.17) is 0 Å². The molecular formula is C19H18BrN3O. The Morgan fingerprint density at radius 1 is 1.25 bits per heavy atom. The number of carbonyl (C=O) groups excluding carboxylic acids is 1. The minimum atomic E-state index is -0.0499. The van der Waals surface area contributed by atoms with Crippen molar-refractivity contribution in [2.45, 2.75) is 24.7 Å². The fourth-order valence-corrected chi connectivity index (χ4v) is 3.89. The van der Waals surface area contributed by atoms with Crippen molar-refractivity contribution in [3.05, 3.63) is 64.3 Å². The molecule has 5 heteroatoms. The van der Waals surface area contributed by atoms with E-state index in [0.29, 0.717) is 12.1 Å². The van der Waals surface area contributed by atoms with Gasteiger partial charge in [0.05, 0.1) is 17.3 Å². The maximum Gasteiger partial charge on any atom is 0.253 e. The normalized spacial score (nSPS) is 15.9. The molecule has 1 aliphatic carbocycles. The van der Waals surface area contributed by atoms with Crippen LogP contribution in [0.4, 0.5) is 0 Å². The van der Waals surface area contributed by atoms with Crippen LogP contribution in [-0.2, 0) is 5.41 Å². The molecule has 1 amide bonds. The first-order valence-corrected chi connectivity index (χ1v) is 8.94. The summed E-state index contributed by atoms with van der Waals surface area (Å²) in [4.78, 5) is 12.7. The van der Waals surface area contributed by atoms with E-state index in [1.54, 1.807) is 6.20 Å². The quantitative estimate of drug-likeness (QED) is 0.709. The summed E-state index contributed by atoms with van der Waals surface area (Å²) in [6.45, 7) is 0.660. The minimum absolute atomic E-state index is 0.0499. The molecule has 24 heavy (non-hydrogen) atoms. The second-order valence-corrected chi connectivity index (χ2v) is 7.38. The van der Waals surface area contributed by atoms with E-state index in [9.17, 15) is 4.79 Å². The van der Waals surface area contributed by atoms with E-state index < -0.39 is 0 Å². The van der Waals surface area contributed by atoms with Gasteiger partial charge in [-0.2, -0.15) is 5.10 Å². The van der Waals surface area contributed by atoms with Crippen molar-refractivity contribution in [2.75, 3.05) is 6.54 Å². The largest absolute Gasteiger partial charge is 0.351 e. The zero-order valence-corrected chi connectivity index (χ0v) is 14.8. The lowest BCUT2D eigenvalue weighted by Gasteiger charge is -2.42. The Morgan fingerprint density at radius 2 is 2.08 bits per heavy atom. The van der Waals surface area contributed by atoms with Crippen LogP contribution in [0, 0.1) is 0 Å². The van der Waals surface area contributed by atoms with E-state index in [0.717, 1.165) is 28.2 Å². The topological polar surface area (TPSA) is 57.8 Å². The standard InChI is InChI=1S/C19H18BrN3O/c20-15-6-2-5-14(10-15)19(8-3-9-19)12-21-18(24)16-7-1-4-13-11-22-23-17(13)16/h1-2,4-7,10-11H,3,8-9,12H2,(H,21,24)(H,22,23). The summed E-state index contributed by atoms with van der Waals surface area (Å²) < 4.78 is 1.08. The minimum Gasteiger partial charge on any atom is -0.351 e. The number of aromatic amines is 1. The van der Waals surface area contributed by atoms with Gasteiger partial charge in [-0.3, -0.25) is 9.89 Å².